The van der Waals surface area contributed by atoms with Gasteiger partial charge in [0.1, 0.15) is 0 Å². The van der Waals surface area contributed by atoms with Crippen molar-refractivity contribution in [3.8, 4) is 0 Å². The molecule has 0 saturated carbocycles. The van der Waals surface area contributed by atoms with Crippen LogP contribution in [0.15, 0.2) is 18.3 Å². The lowest BCUT2D eigenvalue weighted by molar-refractivity contribution is 0.164. The Kier molecular flexibility index (Phi) is 3.57. The van der Waals surface area contributed by atoms with Crippen molar-refractivity contribution in [1.82, 2.24) is 15.2 Å². The lowest BCUT2D eigenvalue weighted by Gasteiger charge is -2.33. The van der Waals surface area contributed by atoms with Gasteiger partial charge in [0.15, 0.2) is 0 Å². The van der Waals surface area contributed by atoms with Crippen LogP contribution in [0.25, 0.3) is 0 Å². The summed E-state index contributed by atoms with van der Waals surface area (Å²) in [5.74, 6) is 0. The van der Waals surface area contributed by atoms with Gasteiger partial charge in [0.2, 0.25) is 0 Å². The van der Waals surface area contributed by atoms with E-state index < -0.39 is 0 Å². The summed E-state index contributed by atoms with van der Waals surface area (Å²) in [4.78, 5) is 6.75. The Morgan fingerprint density at radius 2 is 2.53 bits per heavy atom. The van der Waals surface area contributed by atoms with Crippen LogP contribution in [-0.2, 0) is 6.54 Å². The Bertz CT molecular complexity index is 329. The van der Waals surface area contributed by atoms with Crippen LogP contribution >= 0.6 is 11.6 Å². The van der Waals surface area contributed by atoms with E-state index in [1.54, 1.807) is 6.20 Å². The first-order valence-corrected chi connectivity index (χ1v) is 5.69. The van der Waals surface area contributed by atoms with Gasteiger partial charge >= 0.3 is 0 Å². The van der Waals surface area contributed by atoms with Crippen LogP contribution in [0.3, 0.4) is 0 Å². The standard InChI is InChI=1S/C11H16ClN3/c1-9-7-13-4-5-15(9)8-11-6-10(12)2-3-14-11/h2-3,6,9,13H,4-5,7-8H2,1H3/t9-/m1/s1. The number of pyridine rings is 1. The molecule has 15 heavy (non-hydrogen) atoms. The Balaban J connectivity index is 2.01. The van der Waals surface area contributed by atoms with Crippen molar-refractivity contribution in [3.63, 3.8) is 0 Å². The molecule has 1 aliphatic heterocycles. The maximum absolute atomic E-state index is 5.93. The van der Waals surface area contributed by atoms with Crippen LogP contribution < -0.4 is 5.32 Å². The van der Waals surface area contributed by atoms with Crippen LogP contribution in [0.5, 0.6) is 0 Å². The molecule has 1 aromatic rings. The van der Waals surface area contributed by atoms with Crippen molar-refractivity contribution in [2.75, 3.05) is 19.6 Å². The Morgan fingerprint density at radius 3 is 3.27 bits per heavy atom. The number of nitrogens with one attached hydrogen (secondary N) is 1. The summed E-state index contributed by atoms with van der Waals surface area (Å²) < 4.78 is 0. The average molecular weight is 226 g/mol. The van der Waals surface area contributed by atoms with E-state index in [9.17, 15) is 0 Å². The van der Waals surface area contributed by atoms with Crippen LogP contribution in [0.2, 0.25) is 5.02 Å². The predicted molar refractivity (Wildman–Crippen MR) is 62.0 cm³/mol. The quantitative estimate of drug-likeness (QED) is 0.828. The number of hydrogen-bond donors (Lipinski definition) is 1. The minimum absolute atomic E-state index is 0.569. The monoisotopic (exact) mass is 225 g/mol. The van der Waals surface area contributed by atoms with Crippen LogP contribution in [-0.4, -0.2) is 35.6 Å². The van der Waals surface area contributed by atoms with Gasteiger partial charge in [-0.1, -0.05) is 11.6 Å². The summed E-state index contributed by atoms with van der Waals surface area (Å²) in [5, 5.41) is 4.14. The second kappa shape index (κ2) is 4.92. The first kappa shape index (κ1) is 10.9. The summed E-state index contributed by atoms with van der Waals surface area (Å²) in [5.41, 5.74) is 1.05. The van der Waals surface area contributed by atoms with Gasteiger partial charge in [-0.2, -0.15) is 0 Å². The van der Waals surface area contributed by atoms with E-state index in [0.717, 1.165) is 36.9 Å². The van der Waals surface area contributed by atoms with E-state index in [2.05, 4.69) is 22.1 Å². The Hall–Kier alpha value is -0.640. The van der Waals surface area contributed by atoms with E-state index in [0.29, 0.717) is 6.04 Å². The van der Waals surface area contributed by atoms with Crippen molar-refractivity contribution in [2.24, 2.45) is 0 Å². The third-order valence-corrected chi connectivity index (χ3v) is 3.02. The fourth-order valence-corrected chi connectivity index (χ4v) is 2.04. The zero-order valence-corrected chi connectivity index (χ0v) is 9.67. The molecule has 1 aliphatic rings. The lowest BCUT2D eigenvalue weighted by atomic mass is 10.2. The number of hydrogen-bond acceptors (Lipinski definition) is 3. The second-order valence-corrected chi connectivity index (χ2v) is 4.43. The minimum Gasteiger partial charge on any atom is -0.314 e. The normalized spacial score (nSPS) is 22.9. The SMILES string of the molecule is C[C@@H]1CNCCN1Cc1cc(Cl)ccn1. The highest BCUT2D eigenvalue weighted by molar-refractivity contribution is 6.30. The fourth-order valence-electron chi connectivity index (χ4n) is 1.86. The smallest absolute Gasteiger partial charge is 0.0558 e. The van der Waals surface area contributed by atoms with Crippen LogP contribution in [0, 0.1) is 0 Å². The highest BCUT2D eigenvalue weighted by Crippen LogP contribution is 2.12. The van der Waals surface area contributed by atoms with E-state index in [-0.39, 0.29) is 0 Å². The topological polar surface area (TPSA) is 28.2 Å². The maximum atomic E-state index is 5.93. The molecule has 0 aromatic carbocycles. The van der Waals surface area contributed by atoms with Gasteiger partial charge in [0, 0.05) is 43.4 Å². The van der Waals surface area contributed by atoms with Crippen molar-refractivity contribution < 1.29 is 0 Å². The molecule has 1 aromatic heterocycles. The fraction of sp³-hybridized carbons (Fsp3) is 0.545. The molecule has 2 rings (SSSR count). The van der Waals surface area contributed by atoms with E-state index >= 15 is 0 Å². The molecule has 0 spiro atoms. The Morgan fingerprint density at radius 1 is 1.67 bits per heavy atom. The first-order valence-electron chi connectivity index (χ1n) is 5.31. The van der Waals surface area contributed by atoms with E-state index in [1.165, 1.54) is 0 Å². The van der Waals surface area contributed by atoms with Gasteiger partial charge in [-0.15, -0.1) is 0 Å². The molecule has 1 saturated heterocycles. The summed E-state index contributed by atoms with van der Waals surface area (Å²) in [6.45, 7) is 6.32. The van der Waals surface area contributed by atoms with E-state index in [4.69, 9.17) is 11.6 Å². The average Bonchev–Trinajstić information content (AvgIpc) is 2.22. The molecule has 1 N–H and O–H groups in total. The number of rotatable bonds is 2. The molecule has 0 aliphatic carbocycles. The third kappa shape index (κ3) is 2.91. The molecular weight excluding hydrogens is 210 g/mol. The highest BCUT2D eigenvalue weighted by atomic mass is 35.5. The summed E-state index contributed by atoms with van der Waals surface area (Å²) in [6.07, 6.45) is 1.77. The molecular formula is C11H16ClN3. The molecule has 4 heteroatoms. The number of nitrogens with zero attached hydrogens (tertiary/aromatic N) is 2. The zero-order valence-electron chi connectivity index (χ0n) is 8.91. The molecule has 2 heterocycles. The van der Waals surface area contributed by atoms with Gasteiger partial charge in [-0.3, -0.25) is 9.88 Å². The maximum Gasteiger partial charge on any atom is 0.0558 e. The molecule has 0 bridgehead atoms. The first-order chi connectivity index (χ1) is 7.25. The van der Waals surface area contributed by atoms with Crippen LogP contribution in [0.1, 0.15) is 12.6 Å². The van der Waals surface area contributed by atoms with E-state index in [1.807, 2.05) is 12.1 Å². The number of halogens is 1. The third-order valence-electron chi connectivity index (χ3n) is 2.78. The Labute approximate surface area is 95.4 Å². The van der Waals surface area contributed by atoms with Crippen LogP contribution in [0.4, 0.5) is 0 Å². The van der Waals surface area contributed by atoms with Crippen molar-refractivity contribution in [3.05, 3.63) is 29.0 Å². The molecule has 82 valence electrons. The molecule has 0 radical (unpaired) electrons. The second-order valence-electron chi connectivity index (χ2n) is 3.99. The zero-order chi connectivity index (χ0) is 10.7. The lowest BCUT2D eigenvalue weighted by Crippen LogP contribution is -2.49. The molecule has 3 nitrogen and oxygen atoms in total. The van der Waals surface area contributed by atoms with Gasteiger partial charge < -0.3 is 5.32 Å². The molecule has 1 fully saturated rings. The molecule has 0 amide bonds. The van der Waals surface area contributed by atoms with Gasteiger partial charge in [0.25, 0.3) is 0 Å². The van der Waals surface area contributed by atoms with Gasteiger partial charge in [-0.05, 0) is 19.1 Å². The van der Waals surface area contributed by atoms with Crippen molar-refractivity contribution >= 4 is 11.6 Å². The minimum atomic E-state index is 0.569. The summed E-state index contributed by atoms with van der Waals surface area (Å²) in [7, 11) is 0. The predicted octanol–water partition coefficient (Wildman–Crippen LogP) is 1.53. The summed E-state index contributed by atoms with van der Waals surface area (Å²) >= 11 is 5.93. The number of aromatic nitrogens is 1. The highest BCUT2D eigenvalue weighted by Gasteiger charge is 2.17. The largest absolute Gasteiger partial charge is 0.314 e. The molecule has 1 atom stereocenters. The van der Waals surface area contributed by atoms with Crippen molar-refractivity contribution in [2.45, 2.75) is 19.5 Å². The number of piperazine rings is 1. The van der Waals surface area contributed by atoms with Crippen molar-refractivity contribution in [1.29, 1.82) is 0 Å². The van der Waals surface area contributed by atoms with Gasteiger partial charge in [0.05, 0.1) is 5.69 Å². The molecule has 0 unspecified atom stereocenters. The summed E-state index contributed by atoms with van der Waals surface area (Å²) in [6, 6.07) is 4.32. The van der Waals surface area contributed by atoms with Gasteiger partial charge in [-0.25, -0.2) is 0 Å².